The molecule has 2 heterocycles. The van der Waals surface area contributed by atoms with Crippen LogP contribution in [0.15, 0.2) is 52.8 Å². The minimum atomic E-state index is -0.0697. The average molecular weight is 423 g/mol. The van der Waals surface area contributed by atoms with Gasteiger partial charge >= 0.3 is 0 Å². The van der Waals surface area contributed by atoms with Gasteiger partial charge in [0.25, 0.3) is 0 Å². The maximum Gasteiger partial charge on any atom is 0.196 e. The predicted molar refractivity (Wildman–Crippen MR) is 119 cm³/mol. The first-order valence-electron chi connectivity index (χ1n) is 8.91. The lowest BCUT2D eigenvalue weighted by atomic mass is 10.2. The smallest absolute Gasteiger partial charge is 0.196 e. The van der Waals surface area contributed by atoms with Crippen LogP contribution in [0.3, 0.4) is 0 Å². The van der Waals surface area contributed by atoms with Gasteiger partial charge in [-0.05, 0) is 36.8 Å². The van der Waals surface area contributed by atoms with E-state index in [1.54, 1.807) is 35.8 Å². The van der Waals surface area contributed by atoms with Crippen molar-refractivity contribution in [2.24, 2.45) is 4.99 Å². The summed E-state index contributed by atoms with van der Waals surface area (Å²) in [5.41, 5.74) is 2.49. The number of aliphatic imine (C=N–C) groups is 1. The second-order valence-electron chi connectivity index (χ2n) is 6.40. The summed E-state index contributed by atoms with van der Waals surface area (Å²) in [7, 11) is 1.49. The van der Waals surface area contributed by atoms with Gasteiger partial charge in [0.1, 0.15) is 11.6 Å². The summed E-state index contributed by atoms with van der Waals surface area (Å²) in [4.78, 5) is 22.1. The molecule has 0 saturated carbocycles. The van der Waals surface area contributed by atoms with E-state index in [-0.39, 0.29) is 18.1 Å². The summed E-state index contributed by atoms with van der Waals surface area (Å²) in [6.07, 6.45) is 1.57. The summed E-state index contributed by atoms with van der Waals surface area (Å²) in [6.45, 7) is 1.88. The summed E-state index contributed by atoms with van der Waals surface area (Å²) >= 11 is 3.09. The molecule has 0 unspecified atom stereocenters. The lowest BCUT2D eigenvalue weighted by Gasteiger charge is -2.02. The summed E-state index contributed by atoms with van der Waals surface area (Å²) < 4.78 is 6.22. The molecule has 0 aliphatic heterocycles. The van der Waals surface area contributed by atoms with Crippen LogP contribution in [0, 0.1) is 6.92 Å². The molecule has 1 N–H and O–H groups in total. The third kappa shape index (κ3) is 3.92. The van der Waals surface area contributed by atoms with Crippen LogP contribution in [0.1, 0.15) is 20.9 Å². The Labute approximate surface area is 176 Å². The van der Waals surface area contributed by atoms with Gasteiger partial charge < -0.3 is 9.84 Å². The van der Waals surface area contributed by atoms with Crippen LogP contribution in [-0.2, 0) is 0 Å². The number of Topliss-reactive ketones (excluding diaryl/α,β-unsaturated/α-hetero) is 1. The Morgan fingerprint density at radius 1 is 1.28 bits per heavy atom. The van der Waals surface area contributed by atoms with Gasteiger partial charge in [-0.15, -0.1) is 22.7 Å². The highest BCUT2D eigenvalue weighted by Crippen LogP contribution is 2.37. The normalized spacial score (nSPS) is 11.4. The monoisotopic (exact) mass is 422 g/mol. The molecular weight excluding hydrogens is 404 g/mol. The minimum Gasteiger partial charge on any atom is -0.504 e. The zero-order valence-corrected chi connectivity index (χ0v) is 17.5. The quantitative estimate of drug-likeness (QED) is 0.336. The van der Waals surface area contributed by atoms with E-state index in [0.29, 0.717) is 16.2 Å². The van der Waals surface area contributed by atoms with Crippen molar-refractivity contribution in [1.82, 2.24) is 4.98 Å². The molecule has 5 nitrogen and oxygen atoms in total. The van der Waals surface area contributed by atoms with E-state index in [1.165, 1.54) is 23.1 Å². The largest absolute Gasteiger partial charge is 0.504 e. The van der Waals surface area contributed by atoms with E-state index < -0.39 is 0 Å². The van der Waals surface area contributed by atoms with Crippen LogP contribution < -0.4 is 4.74 Å². The number of phenolic OH excluding ortho intramolecular Hbond substituents is 1. The number of fused-ring (bicyclic) bond motifs is 1. The zero-order chi connectivity index (χ0) is 20.4. The molecule has 0 fully saturated rings. The number of hydrogen-bond donors (Lipinski definition) is 1. The molecule has 0 radical (unpaired) electrons. The van der Waals surface area contributed by atoms with Crippen molar-refractivity contribution in [2.75, 3.05) is 13.7 Å². The Balaban J connectivity index is 1.52. The zero-order valence-electron chi connectivity index (χ0n) is 15.9. The van der Waals surface area contributed by atoms with Crippen molar-refractivity contribution in [2.45, 2.75) is 6.92 Å². The van der Waals surface area contributed by atoms with Gasteiger partial charge in [0.05, 0.1) is 17.7 Å². The standard InChI is InChI=1S/C22H18N2O3S2/c1-13-21(18(26)11-23-10-14-7-8-19(27-2)17(25)9-14)29-22(24-13)16-12-28-20-6-4-3-5-15(16)20/h3-10,12,25H,11H2,1-2H3. The first kappa shape index (κ1) is 19.3. The number of benzene rings is 2. The van der Waals surface area contributed by atoms with Gasteiger partial charge in [0, 0.05) is 27.2 Å². The molecule has 4 aromatic rings. The number of ether oxygens (including phenoxy) is 1. The number of phenols is 1. The topological polar surface area (TPSA) is 71.8 Å². The number of hydrogen-bond acceptors (Lipinski definition) is 7. The predicted octanol–water partition coefficient (Wildman–Crippen LogP) is 5.35. The number of ketones is 1. The van der Waals surface area contributed by atoms with Crippen molar-refractivity contribution in [1.29, 1.82) is 0 Å². The molecule has 0 saturated heterocycles. The highest BCUT2D eigenvalue weighted by Gasteiger charge is 2.17. The second-order valence-corrected chi connectivity index (χ2v) is 8.31. The fraction of sp³-hybridized carbons (Fsp3) is 0.136. The van der Waals surface area contributed by atoms with E-state index >= 15 is 0 Å². The van der Waals surface area contributed by atoms with Crippen molar-refractivity contribution in [3.05, 3.63) is 64.0 Å². The first-order chi connectivity index (χ1) is 14.1. The van der Waals surface area contributed by atoms with Crippen LogP contribution in [0.25, 0.3) is 20.7 Å². The maximum absolute atomic E-state index is 12.7. The molecule has 0 bridgehead atoms. The lowest BCUT2D eigenvalue weighted by Crippen LogP contribution is -2.03. The summed E-state index contributed by atoms with van der Waals surface area (Å²) in [5, 5.41) is 13.9. The Hall–Kier alpha value is -3.03. The van der Waals surface area contributed by atoms with Gasteiger partial charge in [-0.3, -0.25) is 9.79 Å². The van der Waals surface area contributed by atoms with Gasteiger partial charge in [0.15, 0.2) is 17.3 Å². The van der Waals surface area contributed by atoms with Gasteiger partial charge in [0.2, 0.25) is 0 Å². The van der Waals surface area contributed by atoms with Gasteiger partial charge in [-0.1, -0.05) is 18.2 Å². The van der Waals surface area contributed by atoms with Crippen LogP contribution in [0.5, 0.6) is 11.5 Å². The van der Waals surface area contributed by atoms with Gasteiger partial charge in [-0.25, -0.2) is 4.98 Å². The molecule has 29 heavy (non-hydrogen) atoms. The molecule has 4 rings (SSSR count). The maximum atomic E-state index is 12.7. The Morgan fingerprint density at radius 2 is 2.10 bits per heavy atom. The number of carbonyl (C=O) groups excluding carboxylic acids is 1. The van der Waals surface area contributed by atoms with E-state index in [0.717, 1.165) is 21.7 Å². The number of carbonyl (C=O) groups is 1. The molecule has 0 atom stereocenters. The van der Waals surface area contributed by atoms with Crippen molar-refractivity contribution < 1.29 is 14.6 Å². The van der Waals surface area contributed by atoms with Crippen LogP contribution >= 0.6 is 22.7 Å². The fourth-order valence-electron chi connectivity index (χ4n) is 3.01. The molecule has 7 heteroatoms. The second kappa shape index (κ2) is 8.14. The number of rotatable bonds is 6. The molecular formula is C22H18N2O3S2. The van der Waals surface area contributed by atoms with Crippen molar-refractivity contribution in [3.8, 4) is 22.1 Å². The molecule has 146 valence electrons. The number of aromatic nitrogens is 1. The van der Waals surface area contributed by atoms with E-state index in [1.807, 2.05) is 19.1 Å². The fourth-order valence-corrected chi connectivity index (χ4v) is 5.05. The SMILES string of the molecule is COc1ccc(C=NCC(=O)c2sc(-c3csc4ccccc34)nc2C)cc1O. The molecule has 0 aliphatic rings. The van der Waals surface area contributed by atoms with E-state index in [2.05, 4.69) is 27.5 Å². The van der Waals surface area contributed by atoms with Crippen LogP contribution in [0.2, 0.25) is 0 Å². The highest BCUT2D eigenvalue weighted by molar-refractivity contribution is 7.20. The number of thiophene rings is 1. The first-order valence-corrected chi connectivity index (χ1v) is 10.6. The van der Waals surface area contributed by atoms with Crippen molar-refractivity contribution in [3.63, 3.8) is 0 Å². The lowest BCUT2D eigenvalue weighted by molar-refractivity contribution is 0.100. The highest BCUT2D eigenvalue weighted by atomic mass is 32.1. The summed E-state index contributed by atoms with van der Waals surface area (Å²) in [5.74, 6) is 0.362. The van der Waals surface area contributed by atoms with E-state index in [4.69, 9.17) is 4.74 Å². The Bertz CT molecular complexity index is 1220. The van der Waals surface area contributed by atoms with Crippen LogP contribution in [0.4, 0.5) is 0 Å². The number of thiazole rings is 1. The molecule has 0 spiro atoms. The summed E-state index contributed by atoms with van der Waals surface area (Å²) in [6, 6.07) is 13.2. The average Bonchev–Trinajstić information content (AvgIpc) is 3.31. The number of methoxy groups -OCH3 is 1. The number of aromatic hydroxyl groups is 1. The number of aryl methyl sites for hydroxylation is 1. The van der Waals surface area contributed by atoms with Crippen molar-refractivity contribution >= 4 is 44.8 Å². The molecule has 2 aromatic heterocycles. The Kier molecular flexibility index (Phi) is 5.42. The third-order valence-electron chi connectivity index (χ3n) is 4.44. The molecule has 0 aliphatic carbocycles. The third-order valence-corrected chi connectivity index (χ3v) is 6.63. The van der Waals surface area contributed by atoms with Gasteiger partial charge in [-0.2, -0.15) is 0 Å². The van der Waals surface area contributed by atoms with Crippen LogP contribution in [-0.4, -0.2) is 35.7 Å². The Morgan fingerprint density at radius 3 is 2.90 bits per heavy atom. The number of nitrogens with zero attached hydrogens (tertiary/aromatic N) is 2. The minimum absolute atomic E-state index is 0.0274. The van der Waals surface area contributed by atoms with E-state index in [9.17, 15) is 9.90 Å². The molecule has 0 amide bonds. The molecule has 2 aromatic carbocycles.